The van der Waals surface area contributed by atoms with Gasteiger partial charge in [-0.15, -0.1) is 0 Å². The molecule has 1 fully saturated rings. The lowest BCUT2D eigenvalue weighted by Crippen LogP contribution is -2.28. The number of anilines is 1. The maximum absolute atomic E-state index is 14.0. The van der Waals surface area contributed by atoms with Crippen LogP contribution in [0.4, 0.5) is 10.1 Å². The van der Waals surface area contributed by atoms with E-state index >= 15 is 0 Å². The van der Waals surface area contributed by atoms with Crippen molar-refractivity contribution in [1.29, 1.82) is 0 Å². The van der Waals surface area contributed by atoms with Crippen LogP contribution in [0.1, 0.15) is 42.5 Å². The second kappa shape index (κ2) is 13.2. The Morgan fingerprint density at radius 2 is 1.71 bits per heavy atom. The minimum absolute atomic E-state index is 0.0424. The molecule has 1 amide bonds. The largest absolute Gasteiger partial charge is 0.455 e. The van der Waals surface area contributed by atoms with Crippen LogP contribution in [0.5, 0.6) is 11.5 Å². The number of hydrogen-bond donors (Lipinski definition) is 3. The van der Waals surface area contributed by atoms with Gasteiger partial charge in [0.2, 0.25) is 0 Å². The maximum Gasteiger partial charge on any atom is 0.262 e. The first-order valence-corrected chi connectivity index (χ1v) is 14.9. The summed E-state index contributed by atoms with van der Waals surface area (Å²) >= 11 is 3.34. The quantitative estimate of drug-likeness (QED) is 0.231. The number of piperidine rings is 1. The third-order valence-electron chi connectivity index (χ3n) is 6.44. The third kappa shape index (κ3) is 8.02. The summed E-state index contributed by atoms with van der Waals surface area (Å²) in [5.41, 5.74) is 0.326. The van der Waals surface area contributed by atoms with Crippen molar-refractivity contribution < 1.29 is 22.3 Å². The Labute approximate surface area is 231 Å². The van der Waals surface area contributed by atoms with Crippen LogP contribution >= 0.6 is 15.9 Å². The normalized spacial score (nSPS) is 14.2. The molecule has 202 valence electrons. The SMILES string of the molecule is O=C(NCCCCC1CCNCC1)c1ccc(S(=O)(=O)Nc2cc(F)ccc2Oc2ccc(Br)cc2)cc1. The number of sulfonamides is 1. The second-order valence-electron chi connectivity index (χ2n) is 9.27. The molecule has 0 atom stereocenters. The summed E-state index contributed by atoms with van der Waals surface area (Å²) in [5.74, 6) is 0.508. The molecular formula is C28H31BrFN3O4S. The van der Waals surface area contributed by atoms with Crippen LogP contribution in [-0.2, 0) is 10.0 Å². The number of amides is 1. The number of nitrogens with one attached hydrogen (secondary N) is 3. The van der Waals surface area contributed by atoms with Gasteiger partial charge in [-0.05, 0) is 98.9 Å². The first kappa shape index (κ1) is 28.1. The molecule has 1 aliphatic heterocycles. The van der Waals surface area contributed by atoms with Crippen molar-refractivity contribution >= 4 is 37.5 Å². The van der Waals surface area contributed by atoms with Crippen LogP contribution in [-0.4, -0.2) is 34.0 Å². The molecule has 1 saturated heterocycles. The Hall–Kier alpha value is -2.95. The van der Waals surface area contributed by atoms with Gasteiger partial charge in [0.1, 0.15) is 11.6 Å². The topological polar surface area (TPSA) is 96.5 Å². The van der Waals surface area contributed by atoms with Gasteiger partial charge in [-0.2, -0.15) is 0 Å². The summed E-state index contributed by atoms with van der Waals surface area (Å²) < 4.78 is 49.0. The van der Waals surface area contributed by atoms with Crippen LogP contribution in [0.3, 0.4) is 0 Å². The molecule has 1 heterocycles. The molecule has 38 heavy (non-hydrogen) atoms. The minimum Gasteiger partial charge on any atom is -0.455 e. The molecule has 0 aliphatic carbocycles. The Morgan fingerprint density at radius 1 is 1.00 bits per heavy atom. The van der Waals surface area contributed by atoms with Crippen molar-refractivity contribution in [3.05, 3.63) is 82.6 Å². The van der Waals surface area contributed by atoms with Crippen LogP contribution in [0, 0.1) is 11.7 Å². The van der Waals surface area contributed by atoms with Gasteiger partial charge in [0.15, 0.2) is 5.75 Å². The Kier molecular flexibility index (Phi) is 9.76. The molecule has 0 radical (unpaired) electrons. The first-order chi connectivity index (χ1) is 18.3. The monoisotopic (exact) mass is 603 g/mol. The van der Waals surface area contributed by atoms with E-state index in [9.17, 15) is 17.6 Å². The Balaban J connectivity index is 1.34. The van der Waals surface area contributed by atoms with E-state index in [4.69, 9.17) is 4.74 Å². The molecule has 0 saturated carbocycles. The van der Waals surface area contributed by atoms with E-state index in [0.29, 0.717) is 17.9 Å². The Bertz CT molecular complexity index is 1330. The summed E-state index contributed by atoms with van der Waals surface area (Å²) in [6.07, 6.45) is 5.59. The predicted octanol–water partition coefficient (Wildman–Crippen LogP) is 6.08. The van der Waals surface area contributed by atoms with Gasteiger partial charge in [0.05, 0.1) is 10.6 Å². The van der Waals surface area contributed by atoms with Crippen molar-refractivity contribution in [2.75, 3.05) is 24.4 Å². The van der Waals surface area contributed by atoms with E-state index in [-0.39, 0.29) is 22.2 Å². The summed E-state index contributed by atoms with van der Waals surface area (Å²) in [7, 11) is -4.07. The van der Waals surface area contributed by atoms with E-state index in [1.807, 2.05) is 0 Å². The lowest BCUT2D eigenvalue weighted by atomic mass is 9.92. The highest BCUT2D eigenvalue weighted by Crippen LogP contribution is 2.32. The van der Waals surface area contributed by atoms with Crippen molar-refractivity contribution in [1.82, 2.24) is 10.6 Å². The lowest BCUT2D eigenvalue weighted by molar-refractivity contribution is 0.0952. The van der Waals surface area contributed by atoms with Crippen molar-refractivity contribution in [2.24, 2.45) is 5.92 Å². The summed E-state index contributed by atoms with van der Waals surface area (Å²) in [6, 6.07) is 16.2. The smallest absolute Gasteiger partial charge is 0.262 e. The molecular weight excluding hydrogens is 573 g/mol. The van der Waals surface area contributed by atoms with Crippen molar-refractivity contribution in [2.45, 2.75) is 37.0 Å². The number of ether oxygens (including phenoxy) is 1. The zero-order valence-electron chi connectivity index (χ0n) is 20.9. The number of carbonyl (C=O) groups is 1. The number of hydrogen-bond acceptors (Lipinski definition) is 5. The fourth-order valence-corrected chi connectivity index (χ4v) is 5.65. The van der Waals surface area contributed by atoms with Crippen LogP contribution in [0.25, 0.3) is 0 Å². The number of benzene rings is 3. The van der Waals surface area contributed by atoms with Crippen molar-refractivity contribution in [3.63, 3.8) is 0 Å². The van der Waals surface area contributed by atoms with E-state index < -0.39 is 15.8 Å². The molecule has 0 aromatic heterocycles. The number of carbonyl (C=O) groups excluding carboxylic acids is 1. The van der Waals surface area contributed by atoms with Gasteiger partial charge < -0.3 is 15.4 Å². The highest BCUT2D eigenvalue weighted by atomic mass is 79.9. The van der Waals surface area contributed by atoms with Gasteiger partial charge in [-0.25, -0.2) is 12.8 Å². The fourth-order valence-electron chi connectivity index (χ4n) is 4.32. The second-order valence-corrected chi connectivity index (χ2v) is 11.9. The molecule has 7 nitrogen and oxygen atoms in total. The standard InChI is InChI=1S/C28H31BrFN3O4S/c29-22-6-9-24(10-7-22)37-27-13-8-23(30)19-26(27)33-38(35,36)25-11-4-21(5-12-25)28(34)32-16-2-1-3-20-14-17-31-18-15-20/h4-13,19-20,31,33H,1-3,14-18H2,(H,32,34). The van der Waals surface area contributed by atoms with Crippen LogP contribution in [0.15, 0.2) is 76.1 Å². The van der Waals surface area contributed by atoms with Gasteiger partial charge in [-0.3, -0.25) is 9.52 Å². The lowest BCUT2D eigenvalue weighted by Gasteiger charge is -2.22. The average Bonchev–Trinajstić information content (AvgIpc) is 2.91. The minimum atomic E-state index is -4.07. The van der Waals surface area contributed by atoms with Gasteiger partial charge >= 0.3 is 0 Å². The number of rotatable bonds is 11. The third-order valence-corrected chi connectivity index (χ3v) is 8.35. The van der Waals surface area contributed by atoms with Gasteiger partial charge in [-0.1, -0.05) is 28.8 Å². The highest BCUT2D eigenvalue weighted by Gasteiger charge is 2.19. The van der Waals surface area contributed by atoms with Crippen LogP contribution < -0.4 is 20.1 Å². The summed E-state index contributed by atoms with van der Waals surface area (Å²) in [4.78, 5) is 12.4. The van der Waals surface area contributed by atoms with E-state index in [2.05, 4.69) is 31.3 Å². The van der Waals surface area contributed by atoms with Gasteiger partial charge in [0.25, 0.3) is 15.9 Å². The van der Waals surface area contributed by atoms with E-state index in [0.717, 1.165) is 42.4 Å². The maximum atomic E-state index is 14.0. The average molecular weight is 605 g/mol. The fraction of sp³-hybridized carbons (Fsp3) is 0.321. The molecule has 4 rings (SSSR count). The van der Waals surface area contributed by atoms with E-state index in [1.165, 1.54) is 55.7 Å². The molecule has 0 bridgehead atoms. The zero-order valence-corrected chi connectivity index (χ0v) is 23.3. The van der Waals surface area contributed by atoms with Crippen molar-refractivity contribution in [3.8, 4) is 11.5 Å². The Morgan fingerprint density at radius 3 is 2.42 bits per heavy atom. The molecule has 1 aliphatic rings. The molecule has 0 spiro atoms. The number of halogens is 2. The summed E-state index contributed by atoms with van der Waals surface area (Å²) in [6.45, 7) is 2.75. The zero-order chi connectivity index (χ0) is 27.0. The number of unbranched alkanes of at least 4 members (excludes halogenated alkanes) is 1. The van der Waals surface area contributed by atoms with Crippen LogP contribution in [0.2, 0.25) is 0 Å². The molecule has 3 N–H and O–H groups in total. The molecule has 0 unspecified atom stereocenters. The highest BCUT2D eigenvalue weighted by molar-refractivity contribution is 9.10. The predicted molar refractivity (Wildman–Crippen MR) is 150 cm³/mol. The van der Waals surface area contributed by atoms with E-state index in [1.54, 1.807) is 24.3 Å². The first-order valence-electron chi connectivity index (χ1n) is 12.6. The molecule has 3 aromatic carbocycles. The molecule has 3 aromatic rings. The van der Waals surface area contributed by atoms with Gasteiger partial charge in [0, 0.05) is 22.6 Å². The summed E-state index contributed by atoms with van der Waals surface area (Å²) in [5, 5.41) is 6.27. The molecule has 10 heteroatoms.